The highest BCUT2D eigenvalue weighted by Crippen LogP contribution is 2.13. The Morgan fingerprint density at radius 3 is 2.12 bits per heavy atom. The number of nitrogens with one attached hydrogen (secondary N) is 2. The number of rotatable bonds is 6. The van der Waals surface area contributed by atoms with Crippen LogP contribution in [0, 0.1) is 0 Å². The van der Waals surface area contributed by atoms with Crippen molar-refractivity contribution in [1.29, 1.82) is 0 Å². The highest BCUT2D eigenvalue weighted by Gasteiger charge is 2.06. The van der Waals surface area contributed by atoms with E-state index in [4.69, 9.17) is 4.74 Å². The van der Waals surface area contributed by atoms with Crippen LogP contribution in [0.15, 0.2) is 60.7 Å². The van der Waals surface area contributed by atoms with Gasteiger partial charge < -0.3 is 15.4 Å². The molecule has 128 valence electrons. The zero-order valence-corrected chi connectivity index (χ0v) is 13.7. The van der Waals surface area contributed by atoms with Crippen LogP contribution in [0.3, 0.4) is 0 Å². The van der Waals surface area contributed by atoms with Gasteiger partial charge in [-0.25, -0.2) is 4.79 Å². The standard InChI is InChI=1S/C19H18N2O4/c1-14(22)20-16-8-10-17(11-9-16)21-18(23)13-25-19(24)12-7-15-5-3-2-4-6-15/h2-12H,13H2,1H3,(H,20,22)(H,21,23). The molecule has 0 aliphatic carbocycles. The second kappa shape index (κ2) is 9.02. The second-order valence-corrected chi connectivity index (χ2v) is 5.16. The zero-order valence-electron chi connectivity index (χ0n) is 13.7. The third kappa shape index (κ3) is 6.70. The van der Waals surface area contributed by atoms with E-state index in [9.17, 15) is 14.4 Å². The van der Waals surface area contributed by atoms with Crippen molar-refractivity contribution in [3.05, 3.63) is 66.2 Å². The highest BCUT2D eigenvalue weighted by atomic mass is 16.5. The molecule has 0 unspecified atom stereocenters. The monoisotopic (exact) mass is 338 g/mol. The van der Waals surface area contributed by atoms with E-state index in [2.05, 4.69) is 10.6 Å². The van der Waals surface area contributed by atoms with Crippen LogP contribution >= 0.6 is 0 Å². The van der Waals surface area contributed by atoms with Crippen LogP contribution < -0.4 is 10.6 Å². The van der Waals surface area contributed by atoms with Gasteiger partial charge in [-0.3, -0.25) is 9.59 Å². The molecule has 2 N–H and O–H groups in total. The van der Waals surface area contributed by atoms with Crippen molar-refractivity contribution in [2.75, 3.05) is 17.2 Å². The molecule has 0 spiro atoms. The number of carbonyl (C=O) groups is 3. The first-order chi connectivity index (χ1) is 12.0. The molecule has 0 aliphatic rings. The molecule has 25 heavy (non-hydrogen) atoms. The van der Waals surface area contributed by atoms with E-state index in [0.717, 1.165) is 5.56 Å². The molecule has 2 rings (SSSR count). The van der Waals surface area contributed by atoms with E-state index in [-0.39, 0.29) is 12.5 Å². The number of hydrogen-bond donors (Lipinski definition) is 2. The van der Waals surface area contributed by atoms with Crippen LogP contribution in [0.4, 0.5) is 11.4 Å². The average Bonchev–Trinajstić information content (AvgIpc) is 2.60. The molecule has 2 aromatic carbocycles. The first-order valence-electron chi connectivity index (χ1n) is 7.60. The molecule has 0 saturated carbocycles. The third-order valence-electron chi connectivity index (χ3n) is 3.05. The Bertz CT molecular complexity index is 768. The summed E-state index contributed by atoms with van der Waals surface area (Å²) >= 11 is 0. The lowest BCUT2D eigenvalue weighted by molar-refractivity contribution is -0.142. The van der Waals surface area contributed by atoms with Crippen molar-refractivity contribution in [1.82, 2.24) is 0 Å². The van der Waals surface area contributed by atoms with E-state index >= 15 is 0 Å². The van der Waals surface area contributed by atoms with Gasteiger partial charge in [0.2, 0.25) is 5.91 Å². The summed E-state index contributed by atoms with van der Waals surface area (Å²) in [5.41, 5.74) is 2.03. The Morgan fingerprint density at radius 1 is 0.920 bits per heavy atom. The summed E-state index contributed by atoms with van der Waals surface area (Å²) < 4.78 is 4.88. The van der Waals surface area contributed by atoms with E-state index in [1.165, 1.54) is 13.0 Å². The molecule has 6 nitrogen and oxygen atoms in total. The SMILES string of the molecule is CC(=O)Nc1ccc(NC(=O)COC(=O)C=Cc2ccccc2)cc1. The molecular weight excluding hydrogens is 320 g/mol. The van der Waals surface area contributed by atoms with Crippen molar-refractivity contribution >= 4 is 35.2 Å². The van der Waals surface area contributed by atoms with Crippen LogP contribution in [0.1, 0.15) is 12.5 Å². The number of hydrogen-bond acceptors (Lipinski definition) is 4. The smallest absolute Gasteiger partial charge is 0.331 e. The molecule has 0 atom stereocenters. The molecule has 0 aromatic heterocycles. The Balaban J connectivity index is 1.77. The maximum Gasteiger partial charge on any atom is 0.331 e. The summed E-state index contributed by atoms with van der Waals surface area (Å²) in [6.07, 6.45) is 2.88. The van der Waals surface area contributed by atoms with Gasteiger partial charge in [-0.2, -0.15) is 0 Å². The van der Waals surface area contributed by atoms with Crippen molar-refractivity contribution in [2.45, 2.75) is 6.92 Å². The number of ether oxygens (including phenoxy) is 1. The minimum Gasteiger partial charge on any atom is -0.452 e. The lowest BCUT2D eigenvalue weighted by Crippen LogP contribution is -2.20. The summed E-state index contributed by atoms with van der Waals surface area (Å²) in [6.45, 7) is 1.03. The molecule has 6 heteroatoms. The van der Waals surface area contributed by atoms with Crippen LogP contribution in [-0.4, -0.2) is 24.4 Å². The zero-order chi connectivity index (χ0) is 18.1. The van der Waals surface area contributed by atoms with Crippen LogP contribution in [0.2, 0.25) is 0 Å². The summed E-state index contributed by atoms with van der Waals surface area (Å²) in [5.74, 6) is -1.22. The molecule has 2 amide bonds. The van der Waals surface area contributed by atoms with E-state index in [1.54, 1.807) is 30.3 Å². The highest BCUT2D eigenvalue weighted by molar-refractivity contribution is 5.95. The lowest BCUT2D eigenvalue weighted by Gasteiger charge is -2.07. The third-order valence-corrected chi connectivity index (χ3v) is 3.05. The van der Waals surface area contributed by atoms with Gasteiger partial charge in [0.05, 0.1) is 0 Å². The second-order valence-electron chi connectivity index (χ2n) is 5.16. The van der Waals surface area contributed by atoms with Gasteiger partial charge in [-0.1, -0.05) is 30.3 Å². The molecule has 0 fully saturated rings. The Morgan fingerprint density at radius 2 is 1.52 bits per heavy atom. The average molecular weight is 338 g/mol. The Hall–Kier alpha value is -3.41. The molecule has 0 aliphatic heterocycles. The van der Waals surface area contributed by atoms with Gasteiger partial charge in [-0.05, 0) is 35.9 Å². The fourth-order valence-electron chi connectivity index (χ4n) is 1.95. The molecule has 0 saturated heterocycles. The molecule has 0 bridgehead atoms. The minimum absolute atomic E-state index is 0.174. The van der Waals surface area contributed by atoms with Gasteiger partial charge in [0.15, 0.2) is 6.61 Å². The lowest BCUT2D eigenvalue weighted by atomic mass is 10.2. The van der Waals surface area contributed by atoms with E-state index < -0.39 is 11.9 Å². The predicted octanol–water partition coefficient (Wildman–Crippen LogP) is 2.84. The fourth-order valence-corrected chi connectivity index (χ4v) is 1.95. The predicted molar refractivity (Wildman–Crippen MR) is 95.8 cm³/mol. The molecule has 0 radical (unpaired) electrons. The summed E-state index contributed by atoms with van der Waals surface area (Å²) in [7, 11) is 0. The summed E-state index contributed by atoms with van der Waals surface area (Å²) in [4.78, 5) is 34.3. The summed E-state index contributed by atoms with van der Waals surface area (Å²) in [6, 6.07) is 15.9. The van der Waals surface area contributed by atoms with Gasteiger partial charge in [-0.15, -0.1) is 0 Å². The number of carbonyl (C=O) groups excluding carboxylic acids is 3. The first kappa shape index (κ1) is 17.9. The van der Waals surface area contributed by atoms with Crippen LogP contribution in [0.25, 0.3) is 6.08 Å². The maximum atomic E-state index is 11.8. The minimum atomic E-state index is -0.597. The van der Waals surface area contributed by atoms with Crippen molar-refractivity contribution < 1.29 is 19.1 Å². The molecule has 2 aromatic rings. The van der Waals surface area contributed by atoms with E-state index in [1.807, 2.05) is 30.3 Å². The maximum absolute atomic E-state index is 11.8. The topological polar surface area (TPSA) is 84.5 Å². The normalized spacial score (nSPS) is 10.3. The van der Waals surface area contributed by atoms with Gasteiger partial charge in [0, 0.05) is 24.4 Å². The van der Waals surface area contributed by atoms with Crippen molar-refractivity contribution in [3.63, 3.8) is 0 Å². The largest absolute Gasteiger partial charge is 0.452 e. The Labute approximate surface area is 145 Å². The number of amides is 2. The van der Waals surface area contributed by atoms with Crippen molar-refractivity contribution in [3.8, 4) is 0 Å². The number of anilines is 2. The quantitative estimate of drug-likeness (QED) is 0.626. The summed E-state index contributed by atoms with van der Waals surface area (Å²) in [5, 5.41) is 5.22. The number of benzene rings is 2. The van der Waals surface area contributed by atoms with E-state index in [0.29, 0.717) is 11.4 Å². The first-order valence-corrected chi connectivity index (χ1v) is 7.60. The molecule has 0 heterocycles. The van der Waals surface area contributed by atoms with Gasteiger partial charge in [0.25, 0.3) is 5.91 Å². The van der Waals surface area contributed by atoms with Gasteiger partial charge in [0.1, 0.15) is 0 Å². The van der Waals surface area contributed by atoms with Crippen LogP contribution in [-0.2, 0) is 19.1 Å². The van der Waals surface area contributed by atoms with Gasteiger partial charge >= 0.3 is 5.97 Å². The van der Waals surface area contributed by atoms with Crippen LogP contribution in [0.5, 0.6) is 0 Å². The number of esters is 1. The molecular formula is C19H18N2O4. The van der Waals surface area contributed by atoms with Crippen molar-refractivity contribution in [2.24, 2.45) is 0 Å². The fraction of sp³-hybridized carbons (Fsp3) is 0.105. The Kier molecular flexibility index (Phi) is 6.47.